The highest BCUT2D eigenvalue weighted by molar-refractivity contribution is 9.10. The number of hydrogen-bond acceptors (Lipinski definition) is 3. The Morgan fingerprint density at radius 3 is 2.61 bits per heavy atom. The molecule has 6 heteroatoms. The van der Waals surface area contributed by atoms with Gasteiger partial charge < -0.3 is 15.4 Å². The molecule has 0 spiro atoms. The summed E-state index contributed by atoms with van der Waals surface area (Å²) in [6.45, 7) is 2.79. The second-order valence-electron chi connectivity index (χ2n) is 7.84. The molecule has 33 heavy (non-hydrogen) atoms. The Morgan fingerprint density at radius 1 is 1.15 bits per heavy atom. The zero-order valence-corrected chi connectivity index (χ0v) is 20.4. The quantitative estimate of drug-likeness (QED) is 0.387. The summed E-state index contributed by atoms with van der Waals surface area (Å²) >= 11 is 3.52. The molecule has 0 bridgehead atoms. The van der Waals surface area contributed by atoms with Gasteiger partial charge in [-0.25, -0.2) is 4.39 Å². The third-order valence-corrected chi connectivity index (χ3v) is 6.07. The van der Waals surface area contributed by atoms with Crippen LogP contribution in [0, 0.1) is 5.82 Å². The number of hydrogen-bond donors (Lipinski definition) is 1. The SMILES string of the molecule is CC1=CCC=C(C2C=C(c3cc(Br)ccc3N)CCN2C=O)C=C1.COc1ccc(F)cc1. The number of benzene rings is 2. The van der Waals surface area contributed by atoms with Crippen molar-refractivity contribution in [2.75, 3.05) is 19.4 Å². The van der Waals surface area contributed by atoms with Crippen LogP contribution in [-0.2, 0) is 4.79 Å². The molecule has 1 unspecified atom stereocenters. The number of methoxy groups -OCH3 is 1. The van der Waals surface area contributed by atoms with Crippen LogP contribution < -0.4 is 10.5 Å². The van der Waals surface area contributed by atoms with E-state index in [1.807, 2.05) is 17.0 Å². The maximum Gasteiger partial charge on any atom is 0.210 e. The minimum absolute atomic E-state index is 0.0415. The molecule has 0 radical (unpaired) electrons. The van der Waals surface area contributed by atoms with Gasteiger partial charge in [0.15, 0.2) is 0 Å². The van der Waals surface area contributed by atoms with Crippen molar-refractivity contribution in [2.45, 2.75) is 25.8 Å². The molecule has 1 aliphatic carbocycles. The summed E-state index contributed by atoms with van der Waals surface area (Å²) in [6.07, 6.45) is 13.4. The Labute approximate surface area is 203 Å². The van der Waals surface area contributed by atoms with Crippen molar-refractivity contribution < 1.29 is 13.9 Å². The molecule has 1 heterocycles. The molecule has 1 amide bonds. The topological polar surface area (TPSA) is 55.6 Å². The van der Waals surface area contributed by atoms with E-state index in [0.717, 1.165) is 40.5 Å². The third-order valence-electron chi connectivity index (χ3n) is 5.58. The van der Waals surface area contributed by atoms with Crippen LogP contribution in [0.1, 0.15) is 25.3 Å². The number of carbonyl (C=O) groups is 1. The van der Waals surface area contributed by atoms with E-state index >= 15 is 0 Å². The van der Waals surface area contributed by atoms with Crippen LogP contribution in [0.3, 0.4) is 0 Å². The van der Waals surface area contributed by atoms with Crippen LogP contribution >= 0.6 is 15.9 Å². The fraction of sp³-hybridized carbons (Fsp3) is 0.222. The van der Waals surface area contributed by atoms with Gasteiger partial charge in [-0.2, -0.15) is 0 Å². The maximum absolute atomic E-state index is 12.2. The van der Waals surface area contributed by atoms with Crippen LogP contribution in [0.25, 0.3) is 5.57 Å². The van der Waals surface area contributed by atoms with E-state index < -0.39 is 0 Å². The lowest BCUT2D eigenvalue weighted by atomic mass is 9.91. The van der Waals surface area contributed by atoms with Gasteiger partial charge in [-0.3, -0.25) is 4.79 Å². The Morgan fingerprint density at radius 2 is 1.91 bits per heavy atom. The lowest BCUT2D eigenvalue weighted by molar-refractivity contribution is -0.118. The van der Waals surface area contributed by atoms with E-state index in [1.165, 1.54) is 23.3 Å². The summed E-state index contributed by atoms with van der Waals surface area (Å²) in [5.41, 5.74) is 11.6. The molecule has 2 aromatic rings. The van der Waals surface area contributed by atoms with Gasteiger partial charge in [-0.05, 0) is 73.4 Å². The largest absolute Gasteiger partial charge is 0.497 e. The van der Waals surface area contributed by atoms with E-state index in [2.05, 4.69) is 59.3 Å². The zero-order valence-electron chi connectivity index (χ0n) is 18.8. The number of halogens is 2. The smallest absolute Gasteiger partial charge is 0.210 e. The number of carbonyl (C=O) groups excluding carboxylic acids is 1. The second-order valence-corrected chi connectivity index (χ2v) is 8.76. The molecular weight excluding hydrogens is 483 g/mol. The molecule has 0 aromatic heterocycles. The molecule has 4 nitrogen and oxygen atoms in total. The van der Waals surface area contributed by atoms with Gasteiger partial charge in [0.25, 0.3) is 0 Å². The molecule has 2 N–H and O–H groups in total. The van der Waals surface area contributed by atoms with Crippen LogP contribution in [0.15, 0.2) is 88.5 Å². The highest BCUT2D eigenvalue weighted by Gasteiger charge is 2.24. The number of nitrogens with two attached hydrogens (primary N) is 1. The lowest BCUT2D eigenvalue weighted by Crippen LogP contribution is -2.37. The molecule has 2 aromatic carbocycles. The molecule has 1 atom stereocenters. The van der Waals surface area contributed by atoms with Crippen LogP contribution in [0.5, 0.6) is 5.75 Å². The molecule has 0 fully saturated rings. The standard InChI is InChI=1S/C20H21BrN2O.C7H7FO/c1-14-3-2-4-15(6-5-14)20-11-16(9-10-23(20)13-24)18-12-17(21)7-8-19(18)22;1-9-7-4-2-6(8)3-5-7/h3-8,11-13,20H,2,9-10,22H2,1H3;2-5H,1H3. The average molecular weight is 511 g/mol. The number of nitrogens with zero attached hydrogens (tertiary/aromatic N) is 1. The van der Waals surface area contributed by atoms with Crippen molar-refractivity contribution in [2.24, 2.45) is 0 Å². The van der Waals surface area contributed by atoms with Gasteiger partial charge in [-0.1, -0.05) is 51.9 Å². The van der Waals surface area contributed by atoms with Gasteiger partial charge in [-0.15, -0.1) is 0 Å². The fourth-order valence-electron chi connectivity index (χ4n) is 3.73. The fourth-order valence-corrected chi connectivity index (χ4v) is 4.09. The first-order valence-electron chi connectivity index (χ1n) is 10.7. The normalized spacial score (nSPS) is 17.6. The lowest BCUT2D eigenvalue weighted by Gasteiger charge is -2.33. The summed E-state index contributed by atoms with van der Waals surface area (Å²) in [6, 6.07) is 11.8. The molecular formula is C27H28BrFN2O2. The van der Waals surface area contributed by atoms with Crippen molar-refractivity contribution >= 4 is 33.6 Å². The summed E-state index contributed by atoms with van der Waals surface area (Å²) in [5.74, 6) is 0.437. The Kier molecular flexibility index (Phi) is 8.66. The average Bonchev–Trinajstić information content (AvgIpc) is 3.05. The van der Waals surface area contributed by atoms with Crippen molar-refractivity contribution in [3.63, 3.8) is 0 Å². The number of nitrogen functional groups attached to an aromatic ring is 1. The van der Waals surface area contributed by atoms with Gasteiger partial charge in [0.2, 0.25) is 6.41 Å². The van der Waals surface area contributed by atoms with Crippen LogP contribution in [0.4, 0.5) is 10.1 Å². The summed E-state index contributed by atoms with van der Waals surface area (Å²) in [4.78, 5) is 13.4. The van der Waals surface area contributed by atoms with Gasteiger partial charge in [0, 0.05) is 22.3 Å². The number of ether oxygens (including phenoxy) is 1. The molecule has 2 aliphatic rings. The first-order chi connectivity index (χ1) is 15.9. The van der Waals surface area contributed by atoms with Crippen LogP contribution in [0.2, 0.25) is 0 Å². The van der Waals surface area contributed by atoms with Gasteiger partial charge in [0.1, 0.15) is 11.6 Å². The molecule has 0 saturated heterocycles. The maximum atomic E-state index is 12.2. The van der Waals surface area contributed by atoms with E-state index in [4.69, 9.17) is 10.5 Å². The van der Waals surface area contributed by atoms with E-state index in [9.17, 15) is 9.18 Å². The minimum atomic E-state index is -0.240. The molecule has 4 rings (SSSR count). The van der Waals surface area contributed by atoms with E-state index in [-0.39, 0.29) is 11.9 Å². The first kappa shape index (κ1) is 24.5. The van der Waals surface area contributed by atoms with Crippen molar-refractivity contribution in [1.82, 2.24) is 4.90 Å². The van der Waals surface area contributed by atoms with Gasteiger partial charge >= 0.3 is 0 Å². The molecule has 0 saturated carbocycles. The highest BCUT2D eigenvalue weighted by atomic mass is 79.9. The van der Waals surface area contributed by atoms with Crippen LogP contribution in [-0.4, -0.2) is 31.0 Å². The van der Waals surface area contributed by atoms with Crippen molar-refractivity contribution in [1.29, 1.82) is 0 Å². The van der Waals surface area contributed by atoms with Crippen molar-refractivity contribution in [3.05, 3.63) is 99.8 Å². The summed E-state index contributed by atoms with van der Waals surface area (Å²) < 4.78 is 18.0. The number of rotatable bonds is 4. The number of amides is 1. The van der Waals surface area contributed by atoms with E-state index in [1.54, 1.807) is 19.2 Å². The third kappa shape index (κ3) is 6.68. The minimum Gasteiger partial charge on any atom is -0.497 e. The number of allylic oxidation sites excluding steroid dienone is 4. The Balaban J connectivity index is 0.000000286. The van der Waals surface area contributed by atoms with Crippen molar-refractivity contribution in [3.8, 4) is 5.75 Å². The molecule has 1 aliphatic heterocycles. The Bertz CT molecular complexity index is 1100. The monoisotopic (exact) mass is 510 g/mol. The molecule has 172 valence electrons. The predicted molar refractivity (Wildman–Crippen MR) is 136 cm³/mol. The number of anilines is 1. The Hall–Kier alpha value is -3.12. The summed E-state index contributed by atoms with van der Waals surface area (Å²) in [5, 5.41) is 0. The first-order valence-corrected chi connectivity index (χ1v) is 11.5. The van der Waals surface area contributed by atoms with Gasteiger partial charge in [0.05, 0.1) is 13.2 Å². The zero-order chi connectivity index (χ0) is 23.8. The highest BCUT2D eigenvalue weighted by Crippen LogP contribution is 2.33. The van der Waals surface area contributed by atoms with E-state index in [0.29, 0.717) is 12.3 Å². The summed E-state index contributed by atoms with van der Waals surface area (Å²) in [7, 11) is 1.55. The second kappa shape index (κ2) is 11.7. The predicted octanol–water partition coefficient (Wildman–Crippen LogP) is 6.31.